The van der Waals surface area contributed by atoms with Crippen molar-refractivity contribution in [2.24, 2.45) is 0 Å². The second kappa shape index (κ2) is 15.6. The zero-order valence-corrected chi connectivity index (χ0v) is 18.5. The van der Waals surface area contributed by atoms with Crippen molar-refractivity contribution in [3.8, 4) is 11.5 Å². The maximum absolute atomic E-state index is 9.71. The van der Waals surface area contributed by atoms with Gasteiger partial charge in [-0.1, -0.05) is 24.3 Å². The molecule has 0 unspecified atom stereocenters. The number of hydrogen-bond donors (Lipinski definition) is 2. The molecule has 0 saturated carbocycles. The number of aliphatic hydroxyl groups excluding tert-OH is 1. The van der Waals surface area contributed by atoms with Gasteiger partial charge in [-0.05, 0) is 41.8 Å². The highest BCUT2D eigenvalue weighted by molar-refractivity contribution is 5.28. The lowest BCUT2D eigenvalue weighted by Gasteiger charge is -2.17. The Morgan fingerprint density at radius 1 is 0.742 bits per heavy atom. The summed E-state index contributed by atoms with van der Waals surface area (Å²) in [6, 6.07) is 15.8. The summed E-state index contributed by atoms with van der Waals surface area (Å²) in [5, 5.41) is 13.1. The molecule has 0 heterocycles. The van der Waals surface area contributed by atoms with Crippen LogP contribution in [0.3, 0.4) is 0 Å². The van der Waals surface area contributed by atoms with Gasteiger partial charge in [0.25, 0.3) is 0 Å². The third kappa shape index (κ3) is 10.6. The lowest BCUT2D eigenvalue weighted by atomic mass is 10.1. The van der Waals surface area contributed by atoms with E-state index in [-0.39, 0.29) is 12.6 Å². The number of ether oxygens (including phenoxy) is 5. The van der Waals surface area contributed by atoms with Gasteiger partial charge in [-0.15, -0.1) is 0 Å². The van der Waals surface area contributed by atoms with E-state index in [1.807, 2.05) is 48.5 Å². The standard InChI is InChI=1S/C24H35NO6/c1-27-11-12-29-13-14-30-15-16-31-24-9-3-20(4-10-24)17-22(19-26)25-18-21-5-7-23(28-2)8-6-21/h3-10,22,25-26H,11-19H2,1-2H3/t22-/m1/s1. The molecule has 0 aliphatic carbocycles. The van der Waals surface area contributed by atoms with Gasteiger partial charge in [-0.2, -0.15) is 0 Å². The van der Waals surface area contributed by atoms with Crippen LogP contribution >= 0.6 is 0 Å². The molecule has 0 amide bonds. The Hall–Kier alpha value is -2.16. The molecule has 172 valence electrons. The smallest absolute Gasteiger partial charge is 0.119 e. The van der Waals surface area contributed by atoms with Gasteiger partial charge in [0.05, 0.1) is 46.8 Å². The van der Waals surface area contributed by atoms with Crippen molar-refractivity contribution < 1.29 is 28.8 Å². The van der Waals surface area contributed by atoms with Crippen molar-refractivity contribution in [1.82, 2.24) is 5.32 Å². The first-order valence-electron chi connectivity index (χ1n) is 10.6. The van der Waals surface area contributed by atoms with Crippen molar-refractivity contribution in [2.45, 2.75) is 19.0 Å². The Morgan fingerprint density at radius 2 is 1.32 bits per heavy atom. The van der Waals surface area contributed by atoms with Crippen LogP contribution < -0.4 is 14.8 Å². The summed E-state index contributed by atoms with van der Waals surface area (Å²) in [4.78, 5) is 0. The summed E-state index contributed by atoms with van der Waals surface area (Å²) in [6.07, 6.45) is 0.735. The van der Waals surface area contributed by atoms with E-state index in [9.17, 15) is 5.11 Å². The van der Waals surface area contributed by atoms with Crippen molar-refractivity contribution >= 4 is 0 Å². The fourth-order valence-corrected chi connectivity index (χ4v) is 2.90. The number of aliphatic hydroxyl groups is 1. The highest BCUT2D eigenvalue weighted by atomic mass is 16.6. The van der Waals surface area contributed by atoms with Crippen LogP contribution in [0, 0.1) is 0 Å². The van der Waals surface area contributed by atoms with E-state index in [0.717, 1.165) is 29.0 Å². The molecule has 7 nitrogen and oxygen atoms in total. The highest BCUT2D eigenvalue weighted by Gasteiger charge is 2.08. The molecule has 0 aliphatic rings. The third-order valence-electron chi connectivity index (χ3n) is 4.68. The predicted octanol–water partition coefficient (Wildman–Crippen LogP) is 2.45. The Kier molecular flexibility index (Phi) is 12.6. The molecule has 0 bridgehead atoms. The summed E-state index contributed by atoms with van der Waals surface area (Å²) in [5.74, 6) is 1.64. The van der Waals surface area contributed by atoms with Gasteiger partial charge in [-0.25, -0.2) is 0 Å². The van der Waals surface area contributed by atoms with Crippen LogP contribution in [-0.2, 0) is 27.2 Å². The van der Waals surface area contributed by atoms with Crippen LogP contribution in [0.15, 0.2) is 48.5 Å². The number of methoxy groups -OCH3 is 2. The Balaban J connectivity index is 1.63. The second-order valence-corrected chi connectivity index (χ2v) is 7.02. The monoisotopic (exact) mass is 433 g/mol. The van der Waals surface area contributed by atoms with Crippen molar-refractivity contribution in [1.29, 1.82) is 0 Å². The van der Waals surface area contributed by atoms with Gasteiger partial charge in [0.1, 0.15) is 18.1 Å². The molecule has 1 atom stereocenters. The van der Waals surface area contributed by atoms with E-state index in [2.05, 4.69) is 5.32 Å². The van der Waals surface area contributed by atoms with Crippen LogP contribution in [0.2, 0.25) is 0 Å². The first-order valence-corrected chi connectivity index (χ1v) is 10.6. The SMILES string of the molecule is COCCOCCOCCOc1ccc(C[C@H](CO)NCc2ccc(OC)cc2)cc1. The second-order valence-electron chi connectivity index (χ2n) is 7.02. The molecule has 0 aliphatic heterocycles. The predicted molar refractivity (Wildman–Crippen MR) is 120 cm³/mol. The normalized spacial score (nSPS) is 12.0. The molecule has 0 aromatic heterocycles. The zero-order valence-electron chi connectivity index (χ0n) is 18.5. The summed E-state index contributed by atoms with van der Waals surface area (Å²) >= 11 is 0. The largest absolute Gasteiger partial charge is 0.497 e. The molecular weight excluding hydrogens is 398 g/mol. The van der Waals surface area contributed by atoms with E-state index in [0.29, 0.717) is 46.2 Å². The van der Waals surface area contributed by atoms with Crippen molar-refractivity contribution in [2.75, 3.05) is 60.5 Å². The molecule has 2 rings (SSSR count). The fraction of sp³-hybridized carbons (Fsp3) is 0.500. The summed E-state index contributed by atoms with van der Waals surface area (Å²) < 4.78 is 26.6. The fourth-order valence-electron chi connectivity index (χ4n) is 2.90. The Labute approximate surface area is 185 Å². The molecule has 2 aromatic carbocycles. The number of nitrogens with one attached hydrogen (secondary N) is 1. The molecule has 7 heteroatoms. The molecule has 31 heavy (non-hydrogen) atoms. The van der Waals surface area contributed by atoms with E-state index >= 15 is 0 Å². The maximum atomic E-state index is 9.71. The maximum Gasteiger partial charge on any atom is 0.119 e. The van der Waals surface area contributed by atoms with Crippen LogP contribution in [0.1, 0.15) is 11.1 Å². The van der Waals surface area contributed by atoms with Gasteiger partial charge < -0.3 is 34.1 Å². The molecule has 0 fully saturated rings. The molecule has 0 spiro atoms. The minimum absolute atomic E-state index is 0.0200. The van der Waals surface area contributed by atoms with E-state index in [1.165, 1.54) is 0 Å². The molecule has 2 N–H and O–H groups in total. The number of benzene rings is 2. The Morgan fingerprint density at radius 3 is 1.94 bits per heavy atom. The van der Waals surface area contributed by atoms with E-state index in [1.54, 1.807) is 14.2 Å². The van der Waals surface area contributed by atoms with E-state index < -0.39 is 0 Å². The van der Waals surface area contributed by atoms with Crippen LogP contribution in [0.4, 0.5) is 0 Å². The number of rotatable bonds is 17. The highest BCUT2D eigenvalue weighted by Crippen LogP contribution is 2.14. The average molecular weight is 434 g/mol. The van der Waals surface area contributed by atoms with Gasteiger partial charge in [0.15, 0.2) is 0 Å². The minimum atomic E-state index is -0.0200. The molecular formula is C24H35NO6. The zero-order chi connectivity index (χ0) is 22.2. The summed E-state index contributed by atoms with van der Waals surface area (Å²) in [7, 11) is 3.30. The lowest BCUT2D eigenvalue weighted by Crippen LogP contribution is -2.34. The van der Waals surface area contributed by atoms with Gasteiger partial charge in [0, 0.05) is 19.7 Å². The van der Waals surface area contributed by atoms with Crippen molar-refractivity contribution in [3.63, 3.8) is 0 Å². The van der Waals surface area contributed by atoms with Crippen LogP contribution in [-0.4, -0.2) is 71.6 Å². The first-order chi connectivity index (χ1) is 15.2. The van der Waals surface area contributed by atoms with Gasteiger partial charge in [0.2, 0.25) is 0 Å². The van der Waals surface area contributed by atoms with Crippen LogP contribution in [0.25, 0.3) is 0 Å². The molecule has 0 saturated heterocycles. The van der Waals surface area contributed by atoms with Crippen molar-refractivity contribution in [3.05, 3.63) is 59.7 Å². The summed E-state index contributed by atoms with van der Waals surface area (Å²) in [6.45, 7) is 4.02. The first kappa shape index (κ1) is 25.1. The topological polar surface area (TPSA) is 78.4 Å². The quantitative estimate of drug-likeness (QED) is 0.371. The molecule has 0 radical (unpaired) electrons. The third-order valence-corrected chi connectivity index (χ3v) is 4.68. The van der Waals surface area contributed by atoms with Crippen LogP contribution in [0.5, 0.6) is 11.5 Å². The average Bonchev–Trinajstić information content (AvgIpc) is 2.82. The minimum Gasteiger partial charge on any atom is -0.497 e. The number of hydrogen-bond acceptors (Lipinski definition) is 7. The van der Waals surface area contributed by atoms with E-state index in [4.69, 9.17) is 23.7 Å². The lowest BCUT2D eigenvalue weighted by molar-refractivity contribution is 0.0180. The van der Waals surface area contributed by atoms with Gasteiger partial charge in [-0.3, -0.25) is 0 Å². The molecule has 2 aromatic rings. The van der Waals surface area contributed by atoms with Gasteiger partial charge >= 0.3 is 0 Å². The summed E-state index contributed by atoms with van der Waals surface area (Å²) in [5.41, 5.74) is 2.28. The Bertz CT molecular complexity index is 692.